The number of benzene rings is 2. The molecular formula is C24H28ClFN4O3S. The molecule has 2 saturated heterocycles. The van der Waals surface area contributed by atoms with E-state index in [0.29, 0.717) is 22.8 Å². The molecule has 0 aromatic heterocycles. The number of halogens is 2. The molecule has 0 spiro atoms. The molecule has 2 heterocycles. The second-order valence-electron chi connectivity index (χ2n) is 9.03. The molecule has 7 nitrogen and oxygen atoms in total. The van der Waals surface area contributed by atoms with Crippen molar-refractivity contribution in [2.24, 2.45) is 0 Å². The van der Waals surface area contributed by atoms with Crippen molar-refractivity contribution in [2.45, 2.75) is 18.6 Å². The van der Waals surface area contributed by atoms with Gasteiger partial charge in [0.25, 0.3) is 0 Å². The van der Waals surface area contributed by atoms with Gasteiger partial charge in [-0.25, -0.2) is 12.8 Å². The van der Waals surface area contributed by atoms with E-state index in [4.69, 9.17) is 11.6 Å². The Labute approximate surface area is 204 Å². The number of sulfonamides is 1. The number of carbonyl (C=O) groups excluding carboxylic acids is 1. The average Bonchev–Trinajstić information content (AvgIpc) is 2.72. The Bertz CT molecular complexity index is 1170. The van der Waals surface area contributed by atoms with E-state index in [1.165, 1.54) is 24.3 Å². The standard InChI is InChI=1S/C24H28ClFN4O3S/c1-28-13-21-15-29(12-17-3-8-20(26)9-4-17)16-22(14-28)30(21)24(31)10-6-18-5-7-19(25)11-23(18)27-34(2,32)33/h3-11,21-22,27H,12-16H2,1-2H3. The number of hydrogen-bond acceptors (Lipinski definition) is 5. The lowest BCUT2D eigenvalue weighted by molar-refractivity contribution is -0.140. The number of nitrogens with zero attached hydrogens (tertiary/aromatic N) is 3. The fourth-order valence-electron chi connectivity index (χ4n) is 4.78. The van der Waals surface area contributed by atoms with Crippen molar-refractivity contribution >= 4 is 39.3 Å². The monoisotopic (exact) mass is 506 g/mol. The molecule has 10 heteroatoms. The van der Waals surface area contributed by atoms with Gasteiger partial charge in [0, 0.05) is 43.8 Å². The molecule has 1 amide bonds. The molecule has 182 valence electrons. The Balaban J connectivity index is 1.49. The van der Waals surface area contributed by atoms with Crippen LogP contribution in [0, 0.1) is 5.82 Å². The molecule has 2 aromatic carbocycles. The quantitative estimate of drug-likeness (QED) is 0.610. The van der Waals surface area contributed by atoms with Gasteiger partial charge in [0.15, 0.2) is 0 Å². The van der Waals surface area contributed by atoms with Crippen LogP contribution in [0.25, 0.3) is 6.08 Å². The zero-order chi connectivity index (χ0) is 24.5. The molecule has 2 aliphatic heterocycles. The number of fused-ring (bicyclic) bond motifs is 2. The molecule has 2 atom stereocenters. The van der Waals surface area contributed by atoms with Crippen LogP contribution in [-0.4, -0.2) is 80.6 Å². The zero-order valence-electron chi connectivity index (χ0n) is 19.1. The molecule has 2 unspecified atom stereocenters. The van der Waals surface area contributed by atoms with Crippen molar-refractivity contribution in [1.82, 2.24) is 14.7 Å². The minimum atomic E-state index is -3.50. The van der Waals surface area contributed by atoms with E-state index < -0.39 is 10.0 Å². The molecule has 0 radical (unpaired) electrons. The van der Waals surface area contributed by atoms with Crippen LogP contribution in [0.4, 0.5) is 10.1 Å². The van der Waals surface area contributed by atoms with Gasteiger partial charge in [-0.2, -0.15) is 0 Å². The van der Waals surface area contributed by atoms with Crippen LogP contribution in [-0.2, 0) is 21.4 Å². The molecule has 2 aliphatic rings. The van der Waals surface area contributed by atoms with E-state index in [2.05, 4.69) is 21.6 Å². The summed E-state index contributed by atoms with van der Waals surface area (Å²) in [7, 11) is -1.44. The largest absolute Gasteiger partial charge is 0.328 e. The van der Waals surface area contributed by atoms with Crippen molar-refractivity contribution in [3.05, 3.63) is 70.5 Å². The summed E-state index contributed by atoms with van der Waals surface area (Å²) in [6.07, 6.45) is 4.18. The highest BCUT2D eigenvalue weighted by atomic mass is 35.5. The van der Waals surface area contributed by atoms with E-state index >= 15 is 0 Å². The number of carbonyl (C=O) groups is 1. The molecule has 2 fully saturated rings. The zero-order valence-corrected chi connectivity index (χ0v) is 20.7. The Morgan fingerprint density at radius 3 is 2.38 bits per heavy atom. The van der Waals surface area contributed by atoms with Crippen molar-refractivity contribution in [1.29, 1.82) is 0 Å². The molecule has 0 saturated carbocycles. The summed E-state index contributed by atoms with van der Waals surface area (Å²) in [6, 6.07) is 11.4. The second kappa shape index (κ2) is 10.0. The summed E-state index contributed by atoms with van der Waals surface area (Å²) in [4.78, 5) is 19.8. The first-order chi connectivity index (χ1) is 16.1. The van der Waals surface area contributed by atoms with Gasteiger partial charge in [0.1, 0.15) is 5.82 Å². The third-order valence-corrected chi connectivity index (χ3v) is 6.89. The fourth-order valence-corrected chi connectivity index (χ4v) is 5.52. The highest BCUT2D eigenvalue weighted by molar-refractivity contribution is 7.92. The third-order valence-electron chi connectivity index (χ3n) is 6.06. The SMILES string of the molecule is CN1CC2CN(Cc3ccc(F)cc3)CC(C1)N2C(=O)C=Cc1ccc(Cl)cc1NS(C)(=O)=O. The van der Waals surface area contributed by atoms with Crippen LogP contribution in [0.2, 0.25) is 5.02 Å². The maximum Gasteiger partial charge on any atom is 0.247 e. The highest BCUT2D eigenvalue weighted by Gasteiger charge is 2.41. The summed E-state index contributed by atoms with van der Waals surface area (Å²) in [5, 5.41) is 0.393. The summed E-state index contributed by atoms with van der Waals surface area (Å²) >= 11 is 6.03. The van der Waals surface area contributed by atoms with Gasteiger partial charge in [-0.1, -0.05) is 29.8 Å². The third kappa shape index (κ3) is 6.15. The number of hydrogen-bond donors (Lipinski definition) is 1. The maximum atomic E-state index is 13.3. The minimum absolute atomic E-state index is 0.0222. The van der Waals surface area contributed by atoms with Gasteiger partial charge in [-0.15, -0.1) is 0 Å². The number of nitrogens with one attached hydrogen (secondary N) is 1. The van der Waals surface area contributed by atoms with E-state index in [-0.39, 0.29) is 23.8 Å². The van der Waals surface area contributed by atoms with E-state index in [0.717, 1.165) is 38.0 Å². The maximum absolute atomic E-state index is 13.3. The van der Waals surface area contributed by atoms with Crippen LogP contribution >= 0.6 is 11.6 Å². The predicted octanol–water partition coefficient (Wildman–Crippen LogP) is 2.89. The smallest absolute Gasteiger partial charge is 0.247 e. The first-order valence-electron chi connectivity index (χ1n) is 11.0. The van der Waals surface area contributed by atoms with Crippen LogP contribution in [0.5, 0.6) is 0 Å². The van der Waals surface area contributed by atoms with Gasteiger partial charge < -0.3 is 9.80 Å². The number of anilines is 1. The van der Waals surface area contributed by atoms with Crippen molar-refractivity contribution in [3.63, 3.8) is 0 Å². The molecule has 1 N–H and O–H groups in total. The van der Waals surface area contributed by atoms with Crippen LogP contribution < -0.4 is 4.72 Å². The highest BCUT2D eigenvalue weighted by Crippen LogP contribution is 2.26. The van der Waals surface area contributed by atoms with Crippen LogP contribution in [0.3, 0.4) is 0 Å². The molecule has 34 heavy (non-hydrogen) atoms. The summed E-state index contributed by atoms with van der Waals surface area (Å²) in [5.41, 5.74) is 1.92. The van der Waals surface area contributed by atoms with Gasteiger partial charge in [-0.05, 0) is 48.5 Å². The molecule has 4 rings (SSSR count). The average molecular weight is 507 g/mol. The number of likely N-dealkylation sites (N-methyl/N-ethyl adjacent to an activating group) is 1. The lowest BCUT2D eigenvalue weighted by Crippen LogP contribution is -2.68. The van der Waals surface area contributed by atoms with Gasteiger partial charge in [0.2, 0.25) is 15.9 Å². The molecular weight excluding hydrogens is 479 g/mol. The normalized spacial score (nSPS) is 21.7. The molecule has 2 bridgehead atoms. The van der Waals surface area contributed by atoms with E-state index in [1.54, 1.807) is 30.3 Å². The minimum Gasteiger partial charge on any atom is -0.328 e. The number of rotatable bonds is 6. The van der Waals surface area contributed by atoms with Crippen molar-refractivity contribution in [2.75, 3.05) is 44.2 Å². The Morgan fingerprint density at radius 1 is 1.12 bits per heavy atom. The Kier molecular flexibility index (Phi) is 7.28. The van der Waals surface area contributed by atoms with Gasteiger partial charge in [-0.3, -0.25) is 14.4 Å². The molecule has 2 aromatic rings. The number of amides is 1. The van der Waals surface area contributed by atoms with Gasteiger partial charge >= 0.3 is 0 Å². The lowest BCUT2D eigenvalue weighted by Gasteiger charge is -2.52. The van der Waals surface area contributed by atoms with E-state index in [9.17, 15) is 17.6 Å². The second-order valence-corrected chi connectivity index (χ2v) is 11.2. The van der Waals surface area contributed by atoms with Gasteiger partial charge in [0.05, 0.1) is 24.0 Å². The topological polar surface area (TPSA) is 73.0 Å². The summed E-state index contributed by atoms with van der Waals surface area (Å²) < 4.78 is 39.1. The van der Waals surface area contributed by atoms with Crippen LogP contribution in [0.15, 0.2) is 48.5 Å². The Hall–Kier alpha value is -2.46. The summed E-state index contributed by atoms with van der Waals surface area (Å²) in [5.74, 6) is -0.357. The molecule has 0 aliphatic carbocycles. The Morgan fingerprint density at radius 2 is 1.76 bits per heavy atom. The predicted molar refractivity (Wildman–Crippen MR) is 133 cm³/mol. The lowest BCUT2D eigenvalue weighted by atomic mass is 9.99. The fraction of sp³-hybridized carbons (Fsp3) is 0.375. The summed E-state index contributed by atoms with van der Waals surface area (Å²) in [6.45, 7) is 3.68. The first kappa shape index (κ1) is 24.7. The number of piperazine rings is 2. The first-order valence-corrected chi connectivity index (χ1v) is 13.3. The van der Waals surface area contributed by atoms with E-state index in [1.807, 2.05) is 4.90 Å². The van der Waals surface area contributed by atoms with Crippen LogP contribution in [0.1, 0.15) is 11.1 Å². The van der Waals surface area contributed by atoms with Crippen molar-refractivity contribution in [3.8, 4) is 0 Å². The van der Waals surface area contributed by atoms with Crippen molar-refractivity contribution < 1.29 is 17.6 Å².